The minimum atomic E-state index is -0.648. The quantitative estimate of drug-likeness (QED) is 0.471. The predicted molar refractivity (Wildman–Crippen MR) is 144 cm³/mol. The summed E-state index contributed by atoms with van der Waals surface area (Å²) in [6.45, 7) is 8.53. The molecule has 2 fully saturated rings. The first kappa shape index (κ1) is 26.1. The molecule has 5 rings (SSSR count). The number of carbonyl (C=O) groups is 1. The van der Waals surface area contributed by atoms with Crippen LogP contribution in [0.3, 0.4) is 0 Å². The van der Waals surface area contributed by atoms with E-state index in [4.69, 9.17) is 21.3 Å². The van der Waals surface area contributed by atoms with Crippen molar-refractivity contribution in [2.45, 2.75) is 31.8 Å². The highest BCUT2D eigenvalue weighted by Gasteiger charge is 2.30. The van der Waals surface area contributed by atoms with Gasteiger partial charge in [0.05, 0.1) is 21.7 Å². The summed E-state index contributed by atoms with van der Waals surface area (Å²) in [7, 11) is 2.07. The number of halogens is 2. The third kappa shape index (κ3) is 4.98. The number of ether oxygens (including phenoxy) is 1. The number of fused-ring (bicyclic) bond motifs is 1. The molecule has 4 heterocycles. The number of likely N-dealkylation sites (tertiary alicyclic amines) is 1. The van der Waals surface area contributed by atoms with Gasteiger partial charge in [-0.15, -0.1) is 0 Å². The molecule has 3 aromatic rings. The molecule has 1 amide bonds. The monoisotopic (exact) mass is 540 g/mol. The number of carbonyl (C=O) groups excluding carboxylic acids is 1. The van der Waals surface area contributed by atoms with Crippen LogP contribution in [0, 0.1) is 5.82 Å². The molecule has 11 heteroatoms. The van der Waals surface area contributed by atoms with Crippen molar-refractivity contribution in [1.82, 2.24) is 24.8 Å². The van der Waals surface area contributed by atoms with E-state index in [1.807, 2.05) is 6.92 Å². The van der Waals surface area contributed by atoms with Crippen LogP contribution in [0.4, 0.5) is 10.2 Å². The fraction of sp³-hybridized carbons (Fsp3) is 0.407. The third-order valence-electron chi connectivity index (χ3n) is 7.29. The lowest BCUT2D eigenvalue weighted by molar-refractivity contribution is -0.126. The van der Waals surface area contributed by atoms with Gasteiger partial charge in [-0.3, -0.25) is 4.79 Å². The molecule has 2 aliphatic rings. The van der Waals surface area contributed by atoms with Crippen LogP contribution in [0.25, 0.3) is 22.3 Å². The second-order valence-corrected chi connectivity index (χ2v) is 10.2. The third-order valence-corrected chi connectivity index (χ3v) is 7.58. The molecule has 2 aliphatic heterocycles. The van der Waals surface area contributed by atoms with Crippen molar-refractivity contribution in [2.24, 2.45) is 0 Å². The van der Waals surface area contributed by atoms with Gasteiger partial charge in [-0.25, -0.2) is 9.37 Å². The lowest BCUT2D eigenvalue weighted by Crippen LogP contribution is -2.53. The molecule has 0 bridgehead atoms. The Kier molecular flexibility index (Phi) is 7.36. The summed E-state index contributed by atoms with van der Waals surface area (Å²) in [6.07, 6.45) is 3.45. The van der Waals surface area contributed by atoms with E-state index >= 15 is 0 Å². The molecular formula is C27H30ClFN6O3. The van der Waals surface area contributed by atoms with E-state index < -0.39 is 5.82 Å². The van der Waals surface area contributed by atoms with E-state index in [1.165, 1.54) is 24.3 Å². The Hall–Kier alpha value is -3.50. The van der Waals surface area contributed by atoms with Gasteiger partial charge in [0.15, 0.2) is 5.65 Å². The number of likely N-dealkylation sites (N-methyl/N-ethyl adjacent to an activating group) is 1. The Labute approximate surface area is 225 Å². The molecule has 0 saturated carbocycles. The van der Waals surface area contributed by atoms with Gasteiger partial charge in [0.1, 0.15) is 24.0 Å². The maximum absolute atomic E-state index is 14.7. The van der Waals surface area contributed by atoms with Crippen LogP contribution in [-0.4, -0.2) is 87.7 Å². The molecule has 0 spiro atoms. The lowest BCUT2D eigenvalue weighted by Gasteiger charge is -2.40. The maximum Gasteiger partial charge on any atom is 0.320 e. The minimum Gasteiger partial charge on any atom is -0.507 e. The summed E-state index contributed by atoms with van der Waals surface area (Å²) in [5.74, 6) is -0.467. The van der Waals surface area contributed by atoms with Gasteiger partial charge in [0, 0.05) is 31.7 Å². The average molecular weight is 541 g/mol. The predicted octanol–water partition coefficient (Wildman–Crippen LogP) is 3.89. The minimum absolute atomic E-state index is 0.0753. The number of pyridine rings is 1. The van der Waals surface area contributed by atoms with Crippen molar-refractivity contribution >= 4 is 34.4 Å². The van der Waals surface area contributed by atoms with E-state index in [0.717, 1.165) is 19.4 Å². The lowest BCUT2D eigenvalue weighted by atomic mass is 10.1. The Morgan fingerprint density at radius 1 is 1.29 bits per heavy atom. The molecular weight excluding hydrogens is 511 g/mol. The zero-order chi connectivity index (χ0) is 27.0. The summed E-state index contributed by atoms with van der Waals surface area (Å²) in [5.41, 5.74) is 0.249. The first-order chi connectivity index (χ1) is 18.3. The average Bonchev–Trinajstić information content (AvgIpc) is 3.31. The number of hydrogen-bond acceptors (Lipinski definition) is 8. The molecule has 0 unspecified atom stereocenters. The summed E-state index contributed by atoms with van der Waals surface area (Å²) in [5, 5.41) is 11.1. The second-order valence-electron chi connectivity index (χ2n) is 9.77. The van der Waals surface area contributed by atoms with E-state index in [-0.39, 0.29) is 51.7 Å². The summed E-state index contributed by atoms with van der Waals surface area (Å²) in [4.78, 5) is 32.2. The summed E-state index contributed by atoms with van der Waals surface area (Å²) in [6, 6.07) is 6.01. The fourth-order valence-corrected chi connectivity index (χ4v) is 5.41. The summed E-state index contributed by atoms with van der Waals surface area (Å²) < 4.78 is 20.8. The first-order valence-electron chi connectivity index (χ1n) is 12.6. The van der Waals surface area contributed by atoms with Gasteiger partial charge >= 0.3 is 6.01 Å². The number of aromatic hydroxyl groups is 1. The molecule has 0 radical (unpaired) electrons. The largest absolute Gasteiger partial charge is 0.507 e. The maximum atomic E-state index is 14.7. The van der Waals surface area contributed by atoms with Crippen LogP contribution in [0.1, 0.15) is 19.8 Å². The summed E-state index contributed by atoms with van der Waals surface area (Å²) >= 11 is 6.60. The zero-order valence-electron chi connectivity index (χ0n) is 21.4. The number of hydrogen-bond donors (Lipinski definition) is 1. The van der Waals surface area contributed by atoms with Crippen LogP contribution >= 0.6 is 11.6 Å². The second kappa shape index (κ2) is 10.7. The fourth-order valence-electron chi connectivity index (χ4n) is 5.16. The number of phenolic OH excluding ortho intramolecular Hbond substituents is 1. The molecule has 200 valence electrons. The van der Waals surface area contributed by atoms with Crippen LogP contribution in [-0.2, 0) is 4.79 Å². The van der Waals surface area contributed by atoms with E-state index in [2.05, 4.69) is 33.4 Å². The van der Waals surface area contributed by atoms with Gasteiger partial charge in [0.2, 0.25) is 5.91 Å². The molecule has 2 aromatic heterocycles. The standard InChI is InChI=1S/C27H30ClFN6O3/c1-4-22(37)34-11-12-35(16(2)14-34)26-18-13-19(28)24(23-20(29)8-5-9-21(23)36)30-25(18)31-27(32-26)38-15-17-7-6-10-33(17)3/h4-5,8-9,13,16-17,36H,1,6-7,10-12,14-15H2,2-3H3/t16-,17-/m0/s1. The Morgan fingerprint density at radius 2 is 2.11 bits per heavy atom. The number of nitrogens with zero attached hydrogens (tertiary/aromatic N) is 6. The Bertz CT molecular complexity index is 1370. The number of amides is 1. The van der Waals surface area contributed by atoms with Crippen molar-refractivity contribution < 1.29 is 19.0 Å². The smallest absolute Gasteiger partial charge is 0.320 e. The van der Waals surface area contributed by atoms with Crippen molar-refractivity contribution in [3.63, 3.8) is 0 Å². The molecule has 38 heavy (non-hydrogen) atoms. The molecule has 1 aromatic carbocycles. The van der Waals surface area contributed by atoms with Gasteiger partial charge in [-0.1, -0.05) is 24.2 Å². The highest BCUT2D eigenvalue weighted by Crippen LogP contribution is 2.38. The number of phenols is 1. The van der Waals surface area contributed by atoms with Crippen LogP contribution in [0.2, 0.25) is 5.02 Å². The number of anilines is 1. The van der Waals surface area contributed by atoms with Crippen molar-refractivity contribution in [3.8, 4) is 23.0 Å². The zero-order valence-corrected chi connectivity index (χ0v) is 22.2. The number of aromatic nitrogens is 3. The Balaban J connectivity index is 1.58. The van der Waals surface area contributed by atoms with E-state index in [9.17, 15) is 14.3 Å². The van der Waals surface area contributed by atoms with E-state index in [1.54, 1.807) is 11.0 Å². The molecule has 0 aliphatic carbocycles. The van der Waals surface area contributed by atoms with Gasteiger partial charge in [-0.2, -0.15) is 9.97 Å². The SMILES string of the molecule is C=CC(=O)N1CCN(c2nc(OC[C@@H]3CCCN3C)nc3nc(-c4c(O)cccc4F)c(Cl)cc23)[C@@H](C)C1. The molecule has 2 atom stereocenters. The van der Waals surface area contributed by atoms with Crippen LogP contribution in [0.15, 0.2) is 36.9 Å². The molecule has 9 nitrogen and oxygen atoms in total. The van der Waals surface area contributed by atoms with Gasteiger partial charge in [-0.05, 0) is 57.6 Å². The van der Waals surface area contributed by atoms with Crippen molar-refractivity contribution in [2.75, 3.05) is 44.7 Å². The molecule has 1 N–H and O–H groups in total. The van der Waals surface area contributed by atoms with Crippen LogP contribution in [0.5, 0.6) is 11.8 Å². The molecule has 2 saturated heterocycles. The highest BCUT2D eigenvalue weighted by atomic mass is 35.5. The van der Waals surface area contributed by atoms with Crippen molar-refractivity contribution in [1.29, 1.82) is 0 Å². The Morgan fingerprint density at radius 3 is 2.79 bits per heavy atom. The van der Waals surface area contributed by atoms with Gasteiger partial charge < -0.3 is 24.5 Å². The number of rotatable bonds is 6. The number of benzene rings is 1. The van der Waals surface area contributed by atoms with Crippen molar-refractivity contribution in [3.05, 3.63) is 47.8 Å². The highest BCUT2D eigenvalue weighted by molar-refractivity contribution is 6.34. The van der Waals surface area contributed by atoms with Crippen LogP contribution < -0.4 is 9.64 Å². The normalized spacial score (nSPS) is 20.2. The first-order valence-corrected chi connectivity index (χ1v) is 13.0. The van der Waals surface area contributed by atoms with E-state index in [0.29, 0.717) is 37.4 Å². The van der Waals surface area contributed by atoms with Gasteiger partial charge in [0.25, 0.3) is 0 Å². The number of piperazine rings is 1. The topological polar surface area (TPSA) is 94.9 Å².